The van der Waals surface area contributed by atoms with E-state index in [2.05, 4.69) is 5.29 Å². The Morgan fingerprint density at radius 3 is 2.35 bits per heavy atom. The molecule has 0 aromatic heterocycles. The third kappa shape index (κ3) is 4.32. The minimum Gasteiger partial charge on any atom is -0.309 e. The van der Waals surface area contributed by atoms with Crippen LogP contribution in [0.15, 0.2) is 35.6 Å². The third-order valence-corrected chi connectivity index (χ3v) is 2.33. The fourth-order valence-corrected chi connectivity index (χ4v) is 1.45. The summed E-state index contributed by atoms with van der Waals surface area (Å²) < 4.78 is 0. The second-order valence-corrected chi connectivity index (χ2v) is 4.03. The molecule has 0 heterocycles. The highest BCUT2D eigenvalue weighted by atomic mass is 16.3. The smallest absolute Gasteiger partial charge is 0.276 e. The zero-order valence-electron chi connectivity index (χ0n) is 10.2. The van der Waals surface area contributed by atoms with Crippen LogP contribution in [0.4, 0.5) is 0 Å². The molecule has 0 aliphatic carbocycles. The molecule has 1 aromatic rings. The highest BCUT2D eigenvalue weighted by Gasteiger charge is 2.15. The van der Waals surface area contributed by atoms with E-state index in [-0.39, 0.29) is 5.91 Å². The molecule has 0 unspecified atom stereocenters. The molecular weight excluding hydrogens is 218 g/mol. The van der Waals surface area contributed by atoms with Crippen molar-refractivity contribution in [1.82, 2.24) is 9.91 Å². The standard InChI is InChI=1S/C12H17N3O2/c1-14(2)9-6-10-15(13-17)12(16)11-7-4-3-5-8-11/h3-5,7-8H,6,9-10H2,1-2H3. The Morgan fingerprint density at radius 2 is 1.82 bits per heavy atom. The van der Waals surface area contributed by atoms with Crippen LogP contribution >= 0.6 is 0 Å². The number of nitrogens with zero attached hydrogens (tertiary/aromatic N) is 3. The van der Waals surface area contributed by atoms with E-state index in [4.69, 9.17) is 0 Å². The first-order chi connectivity index (χ1) is 8.15. The lowest BCUT2D eigenvalue weighted by Crippen LogP contribution is -2.28. The number of amides is 1. The fraction of sp³-hybridized carbons (Fsp3) is 0.417. The van der Waals surface area contributed by atoms with Crippen LogP contribution in [0, 0.1) is 4.91 Å². The molecule has 1 rings (SSSR count). The molecule has 1 amide bonds. The van der Waals surface area contributed by atoms with Gasteiger partial charge < -0.3 is 4.90 Å². The maximum atomic E-state index is 11.9. The SMILES string of the molecule is CN(C)CCCN(N=O)C(=O)c1ccccc1. The number of nitroso groups, excluding NO2 is 1. The molecule has 5 nitrogen and oxygen atoms in total. The van der Waals surface area contributed by atoms with Crippen LogP contribution in [0.25, 0.3) is 0 Å². The van der Waals surface area contributed by atoms with Gasteiger partial charge in [-0.1, -0.05) is 18.2 Å². The van der Waals surface area contributed by atoms with E-state index >= 15 is 0 Å². The number of hydrogen-bond acceptors (Lipinski definition) is 4. The minimum atomic E-state index is -0.348. The predicted molar refractivity (Wildman–Crippen MR) is 66.4 cm³/mol. The molecule has 0 atom stereocenters. The van der Waals surface area contributed by atoms with E-state index in [1.807, 2.05) is 25.1 Å². The van der Waals surface area contributed by atoms with Crippen molar-refractivity contribution < 1.29 is 4.79 Å². The number of rotatable bonds is 6. The Hall–Kier alpha value is -1.75. The Labute approximate surface area is 101 Å². The number of benzene rings is 1. The Kier molecular flexibility index (Phi) is 5.29. The van der Waals surface area contributed by atoms with Gasteiger partial charge in [-0.15, -0.1) is 4.91 Å². The monoisotopic (exact) mass is 235 g/mol. The molecule has 0 spiro atoms. The van der Waals surface area contributed by atoms with Gasteiger partial charge in [-0.2, -0.15) is 5.01 Å². The maximum absolute atomic E-state index is 11.9. The van der Waals surface area contributed by atoms with Gasteiger partial charge in [0.05, 0.1) is 5.29 Å². The molecule has 0 saturated heterocycles. The molecule has 0 aliphatic rings. The zero-order chi connectivity index (χ0) is 12.7. The van der Waals surface area contributed by atoms with Crippen LogP contribution < -0.4 is 0 Å². The lowest BCUT2D eigenvalue weighted by Gasteiger charge is -2.15. The van der Waals surface area contributed by atoms with E-state index < -0.39 is 0 Å². The second kappa shape index (κ2) is 6.75. The molecule has 5 heteroatoms. The van der Waals surface area contributed by atoms with Gasteiger partial charge in [0, 0.05) is 12.1 Å². The van der Waals surface area contributed by atoms with Crippen LogP contribution in [0.2, 0.25) is 0 Å². The zero-order valence-corrected chi connectivity index (χ0v) is 10.2. The first-order valence-corrected chi connectivity index (χ1v) is 5.50. The summed E-state index contributed by atoms with van der Waals surface area (Å²) in [4.78, 5) is 24.5. The van der Waals surface area contributed by atoms with Crippen LogP contribution in [0.3, 0.4) is 0 Å². The lowest BCUT2D eigenvalue weighted by molar-refractivity contribution is 0.0752. The summed E-state index contributed by atoms with van der Waals surface area (Å²) in [6, 6.07) is 8.69. The van der Waals surface area contributed by atoms with E-state index in [9.17, 15) is 9.70 Å². The molecule has 1 aromatic carbocycles. The van der Waals surface area contributed by atoms with Gasteiger partial charge in [0.1, 0.15) is 0 Å². The lowest BCUT2D eigenvalue weighted by atomic mass is 10.2. The van der Waals surface area contributed by atoms with E-state index in [0.717, 1.165) is 18.0 Å². The summed E-state index contributed by atoms with van der Waals surface area (Å²) >= 11 is 0. The van der Waals surface area contributed by atoms with Crippen LogP contribution in [-0.2, 0) is 0 Å². The van der Waals surface area contributed by atoms with Gasteiger partial charge >= 0.3 is 0 Å². The van der Waals surface area contributed by atoms with Gasteiger partial charge in [0.15, 0.2) is 0 Å². The predicted octanol–water partition coefficient (Wildman–Crippen LogP) is 1.76. The van der Waals surface area contributed by atoms with Crippen molar-refractivity contribution in [2.24, 2.45) is 5.29 Å². The Bertz CT molecular complexity index is 365. The van der Waals surface area contributed by atoms with Crippen molar-refractivity contribution in [3.8, 4) is 0 Å². The molecule has 92 valence electrons. The molecule has 0 radical (unpaired) electrons. The fourth-order valence-electron chi connectivity index (χ4n) is 1.45. The summed E-state index contributed by atoms with van der Waals surface area (Å²) in [7, 11) is 3.88. The van der Waals surface area contributed by atoms with E-state index in [1.54, 1.807) is 24.3 Å². The highest BCUT2D eigenvalue weighted by molar-refractivity contribution is 5.93. The highest BCUT2D eigenvalue weighted by Crippen LogP contribution is 2.05. The normalized spacial score (nSPS) is 10.3. The van der Waals surface area contributed by atoms with Gasteiger partial charge in [-0.25, -0.2) is 0 Å². The van der Waals surface area contributed by atoms with Crippen LogP contribution in [-0.4, -0.2) is 43.0 Å². The summed E-state index contributed by atoms with van der Waals surface area (Å²) in [5.74, 6) is -0.348. The number of hydrogen-bond donors (Lipinski definition) is 0. The number of carbonyl (C=O) groups excluding carboxylic acids is 1. The molecular formula is C12H17N3O2. The van der Waals surface area contributed by atoms with Crippen molar-refractivity contribution >= 4 is 5.91 Å². The summed E-state index contributed by atoms with van der Waals surface area (Å²) in [5, 5.41) is 3.75. The van der Waals surface area contributed by atoms with E-state index in [1.165, 1.54) is 0 Å². The molecule has 0 bridgehead atoms. The maximum Gasteiger partial charge on any atom is 0.276 e. The average Bonchev–Trinajstić information content (AvgIpc) is 2.34. The first kappa shape index (κ1) is 13.3. The quantitative estimate of drug-likeness (QED) is 0.557. The molecule has 17 heavy (non-hydrogen) atoms. The Balaban J connectivity index is 2.56. The van der Waals surface area contributed by atoms with Gasteiger partial charge in [-0.05, 0) is 39.2 Å². The van der Waals surface area contributed by atoms with Crippen molar-refractivity contribution in [3.63, 3.8) is 0 Å². The summed E-state index contributed by atoms with van der Waals surface area (Å²) in [5.41, 5.74) is 0.483. The van der Waals surface area contributed by atoms with Crippen molar-refractivity contribution in [2.75, 3.05) is 27.2 Å². The third-order valence-electron chi connectivity index (χ3n) is 2.33. The summed E-state index contributed by atoms with van der Waals surface area (Å²) in [6.07, 6.45) is 0.720. The first-order valence-electron chi connectivity index (χ1n) is 5.50. The molecule has 0 aliphatic heterocycles. The second-order valence-electron chi connectivity index (χ2n) is 4.03. The largest absolute Gasteiger partial charge is 0.309 e. The summed E-state index contributed by atoms with van der Waals surface area (Å²) in [6.45, 7) is 1.16. The van der Waals surface area contributed by atoms with Crippen molar-refractivity contribution in [1.29, 1.82) is 0 Å². The number of carbonyl (C=O) groups is 1. The van der Waals surface area contributed by atoms with E-state index in [0.29, 0.717) is 12.1 Å². The minimum absolute atomic E-state index is 0.343. The topological polar surface area (TPSA) is 53.0 Å². The van der Waals surface area contributed by atoms with Crippen molar-refractivity contribution in [3.05, 3.63) is 40.8 Å². The van der Waals surface area contributed by atoms with Gasteiger partial charge in [0.25, 0.3) is 5.91 Å². The van der Waals surface area contributed by atoms with Crippen LogP contribution in [0.5, 0.6) is 0 Å². The molecule has 0 fully saturated rings. The molecule has 0 saturated carbocycles. The average molecular weight is 235 g/mol. The van der Waals surface area contributed by atoms with Gasteiger partial charge in [-0.3, -0.25) is 4.79 Å². The van der Waals surface area contributed by atoms with Crippen LogP contribution in [0.1, 0.15) is 16.8 Å². The molecule has 0 N–H and O–H groups in total. The Morgan fingerprint density at radius 1 is 1.18 bits per heavy atom. The van der Waals surface area contributed by atoms with Gasteiger partial charge in [0.2, 0.25) is 0 Å². The van der Waals surface area contributed by atoms with Crippen molar-refractivity contribution in [2.45, 2.75) is 6.42 Å².